The van der Waals surface area contributed by atoms with E-state index >= 15 is 0 Å². The van der Waals surface area contributed by atoms with Gasteiger partial charge in [-0.3, -0.25) is 15.0 Å². The number of hydrogen-bond acceptors (Lipinski definition) is 4. The molecule has 0 unspecified atom stereocenters. The maximum absolute atomic E-state index is 12.5. The van der Waals surface area contributed by atoms with Crippen molar-refractivity contribution in [1.29, 1.82) is 0 Å². The third-order valence-electron chi connectivity index (χ3n) is 4.93. The first-order valence-electron chi connectivity index (χ1n) is 8.49. The number of nitrogens with zero attached hydrogens (tertiary/aromatic N) is 2. The van der Waals surface area contributed by atoms with Gasteiger partial charge in [0.05, 0.1) is 11.7 Å². The first-order valence-corrected chi connectivity index (χ1v) is 8.49. The number of anilines is 1. The molecule has 0 radical (unpaired) electrons. The van der Waals surface area contributed by atoms with E-state index in [2.05, 4.69) is 36.1 Å². The Labute approximate surface area is 132 Å². The molecule has 1 aliphatic heterocycles. The van der Waals surface area contributed by atoms with Crippen LogP contribution in [0, 0.1) is 0 Å². The number of nitrogens with one attached hydrogen (secondary N) is 1. The molecule has 2 aliphatic rings. The van der Waals surface area contributed by atoms with Crippen molar-refractivity contribution >= 4 is 11.8 Å². The Morgan fingerprint density at radius 2 is 2.00 bits per heavy atom. The number of carbonyl (C=O) groups excluding carboxylic acids is 1. The highest BCUT2D eigenvalue weighted by Crippen LogP contribution is 2.31. The Morgan fingerprint density at radius 3 is 2.55 bits per heavy atom. The molecule has 5 heteroatoms. The normalized spacial score (nSPS) is 24.0. The summed E-state index contributed by atoms with van der Waals surface area (Å²) in [5.41, 5.74) is 0.789. The summed E-state index contributed by atoms with van der Waals surface area (Å²) in [5, 5.41) is 6.94. The lowest BCUT2D eigenvalue weighted by Crippen LogP contribution is -2.58. The van der Waals surface area contributed by atoms with Gasteiger partial charge in [-0.05, 0) is 19.3 Å². The highest BCUT2D eigenvalue weighted by molar-refractivity contribution is 5.94. The fraction of sp³-hybridized carbons (Fsp3) is 0.765. The van der Waals surface area contributed by atoms with E-state index in [1.54, 1.807) is 0 Å². The lowest BCUT2D eigenvalue weighted by molar-refractivity contribution is -0.128. The van der Waals surface area contributed by atoms with Gasteiger partial charge in [-0.1, -0.05) is 45.2 Å². The van der Waals surface area contributed by atoms with E-state index in [0.29, 0.717) is 11.9 Å². The first kappa shape index (κ1) is 15.5. The summed E-state index contributed by atoms with van der Waals surface area (Å²) in [5.74, 6) is 0.513. The molecule has 1 saturated heterocycles. The van der Waals surface area contributed by atoms with Crippen molar-refractivity contribution in [2.45, 2.75) is 76.8 Å². The van der Waals surface area contributed by atoms with Crippen LogP contribution in [0.1, 0.15) is 65.0 Å². The Hall–Kier alpha value is -1.36. The molecule has 22 heavy (non-hydrogen) atoms. The fourth-order valence-electron chi connectivity index (χ4n) is 3.43. The van der Waals surface area contributed by atoms with Gasteiger partial charge in [0.2, 0.25) is 11.8 Å². The average molecular weight is 305 g/mol. The van der Waals surface area contributed by atoms with E-state index in [1.165, 1.54) is 32.1 Å². The van der Waals surface area contributed by atoms with Crippen LogP contribution < -0.4 is 5.32 Å². The smallest absolute Gasteiger partial charge is 0.244 e. The maximum atomic E-state index is 12.5. The van der Waals surface area contributed by atoms with Crippen LogP contribution in [0.2, 0.25) is 0 Å². The standard InChI is InChI=1S/C17H27N3O2/c1-17(2,3)14-11-15(22-19-14)18-16(21)13-9-10-20(13)12-7-5-4-6-8-12/h11-13H,4-10H2,1-3H3,(H,18,21)/t13-/m0/s1. The lowest BCUT2D eigenvalue weighted by atomic mass is 9.89. The van der Waals surface area contributed by atoms with Gasteiger partial charge in [-0.25, -0.2) is 0 Å². The molecule has 1 aromatic rings. The molecular weight excluding hydrogens is 278 g/mol. The third-order valence-corrected chi connectivity index (χ3v) is 4.93. The molecular formula is C17H27N3O2. The number of carbonyl (C=O) groups is 1. The van der Waals surface area contributed by atoms with Gasteiger partial charge in [-0.2, -0.15) is 0 Å². The summed E-state index contributed by atoms with van der Waals surface area (Å²) in [7, 11) is 0. The van der Waals surface area contributed by atoms with Crippen LogP contribution >= 0.6 is 0 Å². The predicted octanol–water partition coefficient (Wildman–Crippen LogP) is 3.32. The van der Waals surface area contributed by atoms with Crippen molar-refractivity contribution in [3.63, 3.8) is 0 Å². The van der Waals surface area contributed by atoms with Gasteiger partial charge >= 0.3 is 0 Å². The minimum atomic E-state index is -0.0723. The van der Waals surface area contributed by atoms with Crippen LogP contribution in [0.25, 0.3) is 0 Å². The number of amides is 1. The highest BCUT2D eigenvalue weighted by Gasteiger charge is 2.39. The molecule has 3 rings (SSSR count). The van der Waals surface area contributed by atoms with Gasteiger partial charge in [0, 0.05) is 24.1 Å². The fourth-order valence-corrected chi connectivity index (χ4v) is 3.43. The summed E-state index contributed by atoms with van der Waals surface area (Å²) < 4.78 is 5.26. The zero-order valence-corrected chi connectivity index (χ0v) is 13.9. The molecule has 1 aromatic heterocycles. The number of rotatable bonds is 3. The largest absolute Gasteiger partial charge is 0.338 e. The molecule has 1 aliphatic carbocycles. The zero-order valence-electron chi connectivity index (χ0n) is 13.9. The highest BCUT2D eigenvalue weighted by atomic mass is 16.5. The lowest BCUT2D eigenvalue weighted by Gasteiger charge is -2.46. The monoisotopic (exact) mass is 305 g/mol. The van der Waals surface area contributed by atoms with E-state index in [-0.39, 0.29) is 17.4 Å². The van der Waals surface area contributed by atoms with Crippen molar-refractivity contribution in [2.24, 2.45) is 0 Å². The minimum absolute atomic E-state index is 0.00582. The molecule has 0 aromatic carbocycles. The summed E-state index contributed by atoms with van der Waals surface area (Å²) in [6.45, 7) is 7.28. The molecule has 5 nitrogen and oxygen atoms in total. The van der Waals surface area contributed by atoms with E-state index in [9.17, 15) is 4.79 Å². The van der Waals surface area contributed by atoms with E-state index in [0.717, 1.165) is 18.7 Å². The van der Waals surface area contributed by atoms with Gasteiger partial charge in [0.1, 0.15) is 0 Å². The van der Waals surface area contributed by atoms with Crippen LogP contribution in [-0.4, -0.2) is 34.6 Å². The van der Waals surface area contributed by atoms with Crippen LogP contribution in [0.3, 0.4) is 0 Å². The molecule has 1 amide bonds. The van der Waals surface area contributed by atoms with Gasteiger partial charge in [0.25, 0.3) is 0 Å². The second-order valence-corrected chi connectivity index (χ2v) is 7.65. The summed E-state index contributed by atoms with van der Waals surface area (Å²) in [6.07, 6.45) is 7.36. The third kappa shape index (κ3) is 3.19. The predicted molar refractivity (Wildman–Crippen MR) is 85.8 cm³/mol. The van der Waals surface area contributed by atoms with Gasteiger partial charge in [-0.15, -0.1) is 0 Å². The molecule has 2 heterocycles. The second kappa shape index (κ2) is 6.03. The average Bonchev–Trinajstić information content (AvgIpc) is 2.87. The van der Waals surface area contributed by atoms with Crippen molar-refractivity contribution < 1.29 is 9.32 Å². The Balaban J connectivity index is 1.58. The second-order valence-electron chi connectivity index (χ2n) is 7.65. The number of hydrogen-bond donors (Lipinski definition) is 1. The van der Waals surface area contributed by atoms with Crippen LogP contribution in [0.15, 0.2) is 10.6 Å². The maximum Gasteiger partial charge on any atom is 0.244 e. The van der Waals surface area contributed by atoms with Crippen LogP contribution in [0.4, 0.5) is 5.88 Å². The zero-order chi connectivity index (χ0) is 15.7. The molecule has 1 atom stereocenters. The minimum Gasteiger partial charge on any atom is -0.338 e. The topological polar surface area (TPSA) is 58.4 Å². The van der Waals surface area contributed by atoms with Crippen molar-refractivity contribution in [1.82, 2.24) is 10.1 Å². The quantitative estimate of drug-likeness (QED) is 0.930. The molecule has 122 valence electrons. The van der Waals surface area contributed by atoms with Crippen molar-refractivity contribution in [2.75, 3.05) is 11.9 Å². The molecule has 2 fully saturated rings. The number of aromatic nitrogens is 1. The Kier molecular flexibility index (Phi) is 4.26. The van der Waals surface area contributed by atoms with E-state index in [4.69, 9.17) is 4.52 Å². The molecule has 1 saturated carbocycles. The van der Waals surface area contributed by atoms with Crippen molar-refractivity contribution in [3.05, 3.63) is 11.8 Å². The Morgan fingerprint density at radius 1 is 1.27 bits per heavy atom. The van der Waals surface area contributed by atoms with E-state index in [1.807, 2.05) is 6.07 Å². The SMILES string of the molecule is CC(C)(C)c1cc(NC(=O)[C@@H]2CCN2C2CCCCC2)on1. The van der Waals surface area contributed by atoms with Crippen LogP contribution in [-0.2, 0) is 10.2 Å². The molecule has 1 N–H and O–H groups in total. The van der Waals surface area contributed by atoms with E-state index < -0.39 is 0 Å². The summed E-state index contributed by atoms with van der Waals surface area (Å²) >= 11 is 0. The molecule has 0 spiro atoms. The van der Waals surface area contributed by atoms with Crippen LogP contribution in [0.5, 0.6) is 0 Å². The molecule has 0 bridgehead atoms. The van der Waals surface area contributed by atoms with Gasteiger partial charge < -0.3 is 4.52 Å². The first-order chi connectivity index (χ1) is 10.4. The number of likely N-dealkylation sites (tertiary alicyclic amines) is 1. The Bertz CT molecular complexity index is 526. The summed E-state index contributed by atoms with van der Waals surface area (Å²) in [4.78, 5) is 14.8. The van der Waals surface area contributed by atoms with Crippen molar-refractivity contribution in [3.8, 4) is 0 Å². The summed E-state index contributed by atoms with van der Waals surface area (Å²) in [6, 6.07) is 2.44. The van der Waals surface area contributed by atoms with Gasteiger partial charge in [0.15, 0.2) is 0 Å².